The fourth-order valence-electron chi connectivity index (χ4n) is 1.96. The second-order valence-corrected chi connectivity index (χ2v) is 4.56. The third-order valence-electron chi connectivity index (χ3n) is 3.07. The molecule has 1 rings (SSSR count). The zero-order valence-corrected chi connectivity index (χ0v) is 12.1. The van der Waals surface area contributed by atoms with Crippen LogP contribution in [0, 0.1) is 0 Å². The van der Waals surface area contributed by atoms with E-state index in [1.165, 1.54) is 13.2 Å². The van der Waals surface area contributed by atoms with E-state index in [1.807, 2.05) is 6.92 Å². The molecule has 0 bridgehead atoms. The summed E-state index contributed by atoms with van der Waals surface area (Å²) in [5.74, 6) is -0.384. The number of nitrogens with one attached hydrogen (secondary N) is 1. The lowest BCUT2D eigenvalue weighted by atomic mass is 10.1. The largest absolute Gasteiger partial charge is 0.394 e. The summed E-state index contributed by atoms with van der Waals surface area (Å²) in [7, 11) is 1.46. The van der Waals surface area contributed by atoms with Crippen LogP contribution in [-0.2, 0) is 19.1 Å². The van der Waals surface area contributed by atoms with E-state index < -0.39 is 31.1 Å². The Balaban J connectivity index is 2.85. The number of aliphatic hydroxyl groups is 2. The third-order valence-corrected chi connectivity index (χ3v) is 3.07. The van der Waals surface area contributed by atoms with Gasteiger partial charge in [0.25, 0.3) is 0 Å². The van der Waals surface area contributed by atoms with Crippen LogP contribution in [0.15, 0.2) is 12.3 Å². The van der Waals surface area contributed by atoms with Crippen molar-refractivity contribution >= 4 is 12.3 Å². The fourth-order valence-corrected chi connectivity index (χ4v) is 1.96. The van der Waals surface area contributed by atoms with E-state index in [1.54, 1.807) is 0 Å². The molecule has 1 saturated heterocycles. The number of likely N-dealkylation sites (N-methyl/N-ethyl adjacent to an activating group) is 1. The highest BCUT2D eigenvalue weighted by Gasteiger charge is 2.46. The maximum atomic E-state index is 11.2. The van der Waals surface area contributed by atoms with Gasteiger partial charge >= 0.3 is 0 Å². The predicted octanol–water partition coefficient (Wildman–Crippen LogP) is -1.42. The van der Waals surface area contributed by atoms with Gasteiger partial charge in [0.15, 0.2) is 6.23 Å². The minimum Gasteiger partial charge on any atom is -0.394 e. The van der Waals surface area contributed by atoms with E-state index in [-0.39, 0.29) is 5.91 Å². The maximum absolute atomic E-state index is 11.2. The van der Waals surface area contributed by atoms with Gasteiger partial charge in [-0.25, -0.2) is 0 Å². The van der Waals surface area contributed by atoms with Crippen molar-refractivity contribution in [1.82, 2.24) is 10.2 Å². The van der Waals surface area contributed by atoms with Crippen LogP contribution in [0.1, 0.15) is 13.3 Å². The first-order valence-corrected chi connectivity index (χ1v) is 6.77. The van der Waals surface area contributed by atoms with Crippen molar-refractivity contribution < 1.29 is 29.3 Å². The van der Waals surface area contributed by atoms with Crippen LogP contribution in [0.5, 0.6) is 0 Å². The molecule has 8 nitrogen and oxygen atoms in total. The number of hydrogen-bond donors (Lipinski definition) is 3. The molecule has 2 amide bonds. The van der Waals surface area contributed by atoms with E-state index in [4.69, 9.17) is 9.47 Å². The minimum atomic E-state index is -1.05. The average Bonchev–Trinajstić information content (AvgIpc) is 2.81. The van der Waals surface area contributed by atoms with Crippen molar-refractivity contribution in [3.63, 3.8) is 0 Å². The molecule has 120 valence electrons. The molecule has 0 spiro atoms. The molecule has 0 aromatic heterocycles. The summed E-state index contributed by atoms with van der Waals surface area (Å²) in [4.78, 5) is 23.5. The topological polar surface area (TPSA) is 108 Å². The zero-order chi connectivity index (χ0) is 15.8. The monoisotopic (exact) mass is 302 g/mol. The summed E-state index contributed by atoms with van der Waals surface area (Å²) >= 11 is 0. The molecular formula is C13H22N2O6. The van der Waals surface area contributed by atoms with E-state index in [2.05, 4.69) is 5.32 Å². The lowest BCUT2D eigenvalue weighted by Gasteiger charge is -2.26. The molecule has 1 aliphatic heterocycles. The van der Waals surface area contributed by atoms with Crippen molar-refractivity contribution in [1.29, 1.82) is 0 Å². The van der Waals surface area contributed by atoms with Crippen LogP contribution in [0.25, 0.3) is 0 Å². The zero-order valence-electron chi connectivity index (χ0n) is 12.1. The lowest BCUT2D eigenvalue weighted by molar-refractivity contribution is -0.136. The number of aliphatic hydroxyl groups excluding tert-OH is 2. The molecule has 0 aromatic rings. The third kappa shape index (κ3) is 4.50. The van der Waals surface area contributed by atoms with Gasteiger partial charge in [0, 0.05) is 25.9 Å². The normalized spacial score (nSPS) is 28.8. The van der Waals surface area contributed by atoms with Crippen molar-refractivity contribution in [2.75, 3.05) is 20.3 Å². The lowest BCUT2D eigenvalue weighted by Crippen LogP contribution is -2.43. The van der Waals surface area contributed by atoms with Gasteiger partial charge in [-0.1, -0.05) is 6.92 Å². The maximum Gasteiger partial charge on any atom is 0.245 e. The van der Waals surface area contributed by atoms with Gasteiger partial charge in [-0.05, 0) is 6.42 Å². The van der Waals surface area contributed by atoms with Crippen LogP contribution < -0.4 is 5.32 Å². The first-order chi connectivity index (χ1) is 10.1. The number of nitrogens with zero attached hydrogens (tertiary/aromatic N) is 1. The summed E-state index contributed by atoms with van der Waals surface area (Å²) in [6.45, 7) is 1.89. The number of hydrogen-bond acceptors (Lipinski definition) is 6. The Morgan fingerprint density at radius 1 is 1.52 bits per heavy atom. The number of ether oxygens (including phenoxy) is 2. The van der Waals surface area contributed by atoms with E-state index >= 15 is 0 Å². The highest BCUT2D eigenvalue weighted by Crippen LogP contribution is 2.26. The molecule has 0 saturated carbocycles. The van der Waals surface area contributed by atoms with Crippen molar-refractivity contribution in [2.24, 2.45) is 0 Å². The number of carbonyl (C=O) groups excluding carboxylic acids is 2. The predicted molar refractivity (Wildman–Crippen MR) is 72.9 cm³/mol. The molecule has 21 heavy (non-hydrogen) atoms. The molecule has 1 aliphatic rings. The SMILES string of the molecule is CCCOC1C(N(C=O)/C=C\C(=O)NC)OC(CO)[C@H]1O. The first kappa shape index (κ1) is 17.6. The molecular weight excluding hydrogens is 280 g/mol. The molecule has 1 heterocycles. The summed E-state index contributed by atoms with van der Waals surface area (Å²) in [6, 6.07) is 0. The van der Waals surface area contributed by atoms with Gasteiger partial charge in [0.2, 0.25) is 12.3 Å². The van der Waals surface area contributed by atoms with Crippen LogP contribution in [-0.4, -0.2) is 72.2 Å². The van der Waals surface area contributed by atoms with Gasteiger partial charge in [-0.3, -0.25) is 14.5 Å². The Morgan fingerprint density at radius 3 is 2.76 bits per heavy atom. The van der Waals surface area contributed by atoms with E-state index in [9.17, 15) is 19.8 Å². The van der Waals surface area contributed by atoms with Gasteiger partial charge in [-0.15, -0.1) is 0 Å². The van der Waals surface area contributed by atoms with Crippen LogP contribution in [0.4, 0.5) is 0 Å². The first-order valence-electron chi connectivity index (χ1n) is 6.77. The molecule has 1 fully saturated rings. The van der Waals surface area contributed by atoms with Crippen molar-refractivity contribution in [3.05, 3.63) is 12.3 Å². The van der Waals surface area contributed by atoms with Gasteiger partial charge < -0.3 is 25.0 Å². The van der Waals surface area contributed by atoms with Gasteiger partial charge in [-0.2, -0.15) is 0 Å². The van der Waals surface area contributed by atoms with E-state index in [0.29, 0.717) is 13.0 Å². The summed E-state index contributed by atoms with van der Waals surface area (Å²) in [6.07, 6.45) is 0.0191. The van der Waals surface area contributed by atoms with Crippen LogP contribution >= 0.6 is 0 Å². The Hall–Kier alpha value is -1.48. The van der Waals surface area contributed by atoms with Crippen LogP contribution in [0.3, 0.4) is 0 Å². The summed E-state index contributed by atoms with van der Waals surface area (Å²) < 4.78 is 10.9. The molecule has 3 unspecified atom stereocenters. The summed E-state index contributed by atoms with van der Waals surface area (Å²) in [5.41, 5.74) is 0. The highest BCUT2D eigenvalue weighted by molar-refractivity contribution is 5.87. The van der Waals surface area contributed by atoms with Crippen molar-refractivity contribution in [2.45, 2.75) is 37.9 Å². The summed E-state index contributed by atoms with van der Waals surface area (Å²) in [5, 5.41) is 21.6. The minimum absolute atomic E-state index is 0.381. The second-order valence-electron chi connectivity index (χ2n) is 4.56. The Labute approximate surface area is 123 Å². The smallest absolute Gasteiger partial charge is 0.245 e. The number of carbonyl (C=O) groups is 2. The van der Waals surface area contributed by atoms with Crippen molar-refractivity contribution in [3.8, 4) is 0 Å². The molecule has 0 aromatic carbocycles. The highest BCUT2D eigenvalue weighted by atomic mass is 16.6. The van der Waals surface area contributed by atoms with Gasteiger partial charge in [0.1, 0.15) is 18.3 Å². The molecule has 3 N–H and O–H groups in total. The van der Waals surface area contributed by atoms with Crippen LogP contribution in [0.2, 0.25) is 0 Å². The molecule has 8 heteroatoms. The Bertz CT molecular complexity index is 376. The fraction of sp³-hybridized carbons (Fsp3) is 0.692. The number of rotatable bonds is 8. The molecule has 4 atom stereocenters. The van der Waals surface area contributed by atoms with E-state index in [0.717, 1.165) is 17.4 Å². The average molecular weight is 302 g/mol. The van der Waals surface area contributed by atoms with Gasteiger partial charge in [0.05, 0.1) is 6.61 Å². The molecule has 0 radical (unpaired) electrons. The Kier molecular flexibility index (Phi) is 7.30. The molecule has 0 aliphatic carbocycles. The quantitative estimate of drug-likeness (QED) is 0.375. The number of amides is 2. The second kappa shape index (κ2) is 8.73. The Morgan fingerprint density at radius 2 is 2.24 bits per heavy atom. The standard InChI is InChI=1S/C13H22N2O6/c1-3-6-20-12-11(19)9(7-16)21-13(12)15(8-17)5-4-10(18)14-2/h4-5,8-9,11-13,16,19H,3,6-7H2,1-2H3,(H,14,18)/b5-4-/t9?,11-,12?,13?/m1/s1.